The fourth-order valence-corrected chi connectivity index (χ4v) is 11.1. The molecule has 11 aromatic carbocycles. The van der Waals surface area contributed by atoms with Gasteiger partial charge in [0.1, 0.15) is 11.2 Å². The summed E-state index contributed by atoms with van der Waals surface area (Å²) in [5.41, 5.74) is 11.0. The quantitative estimate of drug-likeness (QED) is 0.166. The molecule has 0 fully saturated rings. The Morgan fingerprint density at radius 1 is 0.348 bits per heavy atom. The molecule has 66 heavy (non-hydrogen) atoms. The SMILES string of the molecule is c1ccc2c(c1)-c1cc3ccccc3cc1CC[C@@H]2c1ccc(-c2nc(-c3cc4ccccc4c4ccccc34)nc(-c3cc4ccccc4c4ccccc34)n2)c2c1oc1ccccc12. The number of fused-ring (bicyclic) bond motifs is 13. The van der Waals surface area contributed by atoms with Crippen LogP contribution in [-0.2, 0) is 6.42 Å². The van der Waals surface area contributed by atoms with E-state index >= 15 is 0 Å². The van der Waals surface area contributed by atoms with Crippen molar-refractivity contribution < 1.29 is 4.42 Å². The van der Waals surface area contributed by atoms with Gasteiger partial charge in [0.15, 0.2) is 17.5 Å². The standard InChI is InChI=1S/C62H39N3O/c1-2-16-38-34-54-41(33-37(38)15-1)29-30-50(46-23-9-10-24-47(46)54)51-31-32-53(58-52-27-13-14-28-57(52)66-59(51)58)60-63-61(55-35-39-17-3-5-19-42(39)44-21-7-11-25-48(44)55)65-62(64-60)56-36-40-18-4-6-20-43(40)45-22-8-12-26-49(45)56/h1-28,31-36,50H,29-30H2/t50-/m0/s1. The van der Waals surface area contributed by atoms with Gasteiger partial charge in [-0.25, -0.2) is 15.0 Å². The second kappa shape index (κ2) is 14.5. The molecule has 0 bridgehead atoms. The van der Waals surface area contributed by atoms with Gasteiger partial charge in [0.05, 0.1) is 0 Å². The largest absolute Gasteiger partial charge is 0.456 e. The number of rotatable bonds is 4. The first-order valence-electron chi connectivity index (χ1n) is 22.9. The molecule has 4 heteroatoms. The number of hydrogen-bond donors (Lipinski definition) is 0. The van der Waals surface area contributed by atoms with E-state index in [9.17, 15) is 0 Å². The second-order valence-electron chi connectivity index (χ2n) is 17.7. The van der Waals surface area contributed by atoms with Crippen molar-refractivity contribution >= 4 is 75.8 Å². The highest BCUT2D eigenvalue weighted by atomic mass is 16.3. The molecular formula is C62H39N3O. The Balaban J connectivity index is 1.04. The Hall–Kier alpha value is -8.47. The van der Waals surface area contributed by atoms with Crippen LogP contribution in [0.3, 0.4) is 0 Å². The number of aromatic nitrogens is 3. The molecule has 0 aliphatic heterocycles. The lowest BCUT2D eigenvalue weighted by Crippen LogP contribution is -2.04. The third kappa shape index (κ3) is 5.68. The zero-order chi connectivity index (χ0) is 43.3. The van der Waals surface area contributed by atoms with E-state index in [1.54, 1.807) is 0 Å². The molecule has 2 aromatic heterocycles. The van der Waals surface area contributed by atoms with Gasteiger partial charge in [0.25, 0.3) is 0 Å². The summed E-state index contributed by atoms with van der Waals surface area (Å²) >= 11 is 0. The summed E-state index contributed by atoms with van der Waals surface area (Å²) < 4.78 is 7.07. The van der Waals surface area contributed by atoms with E-state index in [1.165, 1.54) is 49.4 Å². The van der Waals surface area contributed by atoms with E-state index < -0.39 is 0 Å². The number of furan rings is 1. The van der Waals surface area contributed by atoms with Crippen molar-refractivity contribution in [1.82, 2.24) is 15.0 Å². The first-order chi connectivity index (χ1) is 32.7. The Kier molecular flexibility index (Phi) is 8.14. The minimum absolute atomic E-state index is 0.0891. The molecule has 2 heterocycles. The summed E-state index contributed by atoms with van der Waals surface area (Å²) in [6, 6.07) is 74.3. The molecule has 1 aliphatic rings. The van der Waals surface area contributed by atoms with Crippen molar-refractivity contribution in [1.29, 1.82) is 0 Å². The van der Waals surface area contributed by atoms with Crippen LogP contribution in [0.5, 0.6) is 0 Å². The monoisotopic (exact) mass is 841 g/mol. The second-order valence-corrected chi connectivity index (χ2v) is 17.7. The lowest BCUT2D eigenvalue weighted by molar-refractivity contribution is 0.647. The number of benzene rings is 11. The first kappa shape index (κ1) is 37.0. The van der Waals surface area contributed by atoms with Crippen molar-refractivity contribution in [3.63, 3.8) is 0 Å². The zero-order valence-corrected chi connectivity index (χ0v) is 35.9. The molecule has 0 unspecified atom stereocenters. The minimum atomic E-state index is 0.0891. The summed E-state index contributed by atoms with van der Waals surface area (Å²) in [4.78, 5) is 16.5. The number of hydrogen-bond acceptors (Lipinski definition) is 4. The molecule has 0 N–H and O–H groups in total. The summed E-state index contributed by atoms with van der Waals surface area (Å²) in [6.07, 6.45) is 1.89. The van der Waals surface area contributed by atoms with Gasteiger partial charge in [0.2, 0.25) is 0 Å². The van der Waals surface area contributed by atoms with E-state index in [4.69, 9.17) is 19.4 Å². The van der Waals surface area contributed by atoms with Crippen LogP contribution in [0.4, 0.5) is 0 Å². The highest BCUT2D eigenvalue weighted by Crippen LogP contribution is 2.48. The number of nitrogens with zero attached hydrogens (tertiary/aromatic N) is 3. The third-order valence-corrected chi connectivity index (χ3v) is 14.1. The summed E-state index contributed by atoms with van der Waals surface area (Å²) in [5, 5.41) is 13.8. The topological polar surface area (TPSA) is 51.8 Å². The molecule has 14 rings (SSSR count). The average Bonchev–Trinajstić information content (AvgIpc) is 3.70. The molecule has 4 nitrogen and oxygen atoms in total. The Labute approximate surface area is 380 Å². The van der Waals surface area contributed by atoms with Crippen LogP contribution in [0.25, 0.3) is 121 Å². The highest BCUT2D eigenvalue weighted by Gasteiger charge is 2.29. The first-order valence-corrected chi connectivity index (χ1v) is 22.9. The summed E-state index contributed by atoms with van der Waals surface area (Å²) in [6.45, 7) is 0. The normalized spacial score (nSPS) is 13.8. The molecule has 308 valence electrons. The Morgan fingerprint density at radius 2 is 0.833 bits per heavy atom. The van der Waals surface area contributed by atoms with Crippen molar-refractivity contribution in [2.45, 2.75) is 18.8 Å². The lowest BCUT2D eigenvalue weighted by Gasteiger charge is -2.20. The molecule has 0 saturated carbocycles. The summed E-state index contributed by atoms with van der Waals surface area (Å²) in [5.74, 6) is 1.95. The number of para-hydroxylation sites is 1. The van der Waals surface area contributed by atoms with Gasteiger partial charge in [-0.15, -0.1) is 0 Å². The van der Waals surface area contributed by atoms with Gasteiger partial charge < -0.3 is 4.42 Å². The van der Waals surface area contributed by atoms with E-state index in [1.807, 2.05) is 0 Å². The molecule has 0 saturated heterocycles. The minimum Gasteiger partial charge on any atom is -0.456 e. The molecular weight excluding hydrogens is 803 g/mol. The Morgan fingerprint density at radius 3 is 1.48 bits per heavy atom. The smallest absolute Gasteiger partial charge is 0.164 e. The molecule has 13 aromatic rings. The van der Waals surface area contributed by atoms with Crippen LogP contribution >= 0.6 is 0 Å². The fraction of sp³-hybridized carbons (Fsp3) is 0.0484. The van der Waals surface area contributed by atoms with E-state index in [0.29, 0.717) is 17.5 Å². The maximum Gasteiger partial charge on any atom is 0.164 e. The Bertz CT molecular complexity index is 4010. The summed E-state index contributed by atoms with van der Waals surface area (Å²) in [7, 11) is 0. The van der Waals surface area contributed by atoms with Gasteiger partial charge in [-0.1, -0.05) is 176 Å². The van der Waals surface area contributed by atoms with E-state index in [-0.39, 0.29) is 5.92 Å². The van der Waals surface area contributed by atoms with Crippen LogP contribution in [0.1, 0.15) is 29.0 Å². The molecule has 0 spiro atoms. The van der Waals surface area contributed by atoms with Crippen molar-refractivity contribution in [2.24, 2.45) is 0 Å². The zero-order valence-electron chi connectivity index (χ0n) is 35.9. The maximum atomic E-state index is 7.07. The van der Waals surface area contributed by atoms with Crippen LogP contribution in [0.2, 0.25) is 0 Å². The molecule has 1 atom stereocenters. The molecule has 0 amide bonds. The lowest BCUT2D eigenvalue weighted by atomic mass is 9.84. The van der Waals surface area contributed by atoms with Crippen LogP contribution in [-0.4, -0.2) is 15.0 Å². The molecule has 1 aliphatic carbocycles. The van der Waals surface area contributed by atoms with Crippen molar-refractivity contribution in [3.05, 3.63) is 223 Å². The van der Waals surface area contributed by atoms with E-state index in [0.717, 1.165) is 83.8 Å². The average molecular weight is 842 g/mol. The molecule has 0 radical (unpaired) electrons. The van der Waals surface area contributed by atoms with Gasteiger partial charge in [-0.3, -0.25) is 0 Å². The van der Waals surface area contributed by atoms with Gasteiger partial charge >= 0.3 is 0 Å². The van der Waals surface area contributed by atoms with Gasteiger partial charge in [0, 0.05) is 38.9 Å². The van der Waals surface area contributed by atoms with Gasteiger partial charge in [-0.05, 0) is 119 Å². The van der Waals surface area contributed by atoms with Crippen LogP contribution < -0.4 is 0 Å². The van der Waals surface area contributed by atoms with Crippen molar-refractivity contribution in [3.8, 4) is 45.3 Å². The highest BCUT2D eigenvalue weighted by molar-refractivity contribution is 6.16. The predicted molar refractivity (Wildman–Crippen MR) is 273 cm³/mol. The van der Waals surface area contributed by atoms with Crippen molar-refractivity contribution in [2.75, 3.05) is 0 Å². The van der Waals surface area contributed by atoms with Crippen LogP contribution in [0.15, 0.2) is 211 Å². The fourth-order valence-electron chi connectivity index (χ4n) is 11.1. The van der Waals surface area contributed by atoms with E-state index in [2.05, 4.69) is 206 Å². The van der Waals surface area contributed by atoms with Gasteiger partial charge in [-0.2, -0.15) is 0 Å². The third-order valence-electron chi connectivity index (χ3n) is 14.1. The predicted octanol–water partition coefficient (Wildman–Crippen LogP) is 16.3. The maximum absolute atomic E-state index is 7.07. The number of aryl methyl sites for hydroxylation is 1. The van der Waals surface area contributed by atoms with Crippen LogP contribution in [0, 0.1) is 0 Å².